The SMILES string of the molecule is COc1ncc(CC(=O)O)cc1-c1nc2c(n1C(C)C)C(c1ccc(C#N)cc1)N(c1cccc(Cl)c1F)C2=O. The van der Waals surface area contributed by atoms with Crippen molar-refractivity contribution in [2.24, 2.45) is 0 Å². The maximum absolute atomic E-state index is 15.3. The molecule has 4 aromatic rings. The maximum Gasteiger partial charge on any atom is 0.307 e. The third-order valence-electron chi connectivity index (χ3n) is 6.65. The predicted octanol–water partition coefficient (Wildman–Crippen LogP) is 5.58. The fourth-order valence-corrected chi connectivity index (χ4v) is 5.16. The summed E-state index contributed by atoms with van der Waals surface area (Å²) < 4.78 is 22.7. The Bertz CT molecular complexity index is 1690. The van der Waals surface area contributed by atoms with Gasteiger partial charge in [0, 0.05) is 12.2 Å². The number of hydrogen-bond donors (Lipinski definition) is 1. The van der Waals surface area contributed by atoms with Crippen molar-refractivity contribution in [1.82, 2.24) is 14.5 Å². The molecule has 2 aromatic carbocycles. The molecule has 5 rings (SSSR count). The highest BCUT2D eigenvalue weighted by Crippen LogP contribution is 2.46. The van der Waals surface area contributed by atoms with E-state index in [1.54, 1.807) is 36.4 Å². The van der Waals surface area contributed by atoms with Crippen molar-refractivity contribution in [3.63, 3.8) is 0 Å². The molecule has 11 heteroatoms. The van der Waals surface area contributed by atoms with Gasteiger partial charge in [0.2, 0.25) is 5.88 Å². The van der Waals surface area contributed by atoms with Crippen LogP contribution in [-0.4, -0.2) is 38.6 Å². The Morgan fingerprint density at radius 3 is 2.60 bits per heavy atom. The van der Waals surface area contributed by atoms with Crippen LogP contribution in [0.25, 0.3) is 11.4 Å². The summed E-state index contributed by atoms with van der Waals surface area (Å²) in [5, 5.41) is 18.5. The number of nitriles is 1. The fourth-order valence-electron chi connectivity index (χ4n) is 4.99. The molecular weight excluding hydrogens is 537 g/mol. The topological polar surface area (TPSA) is 121 Å². The highest BCUT2D eigenvalue weighted by atomic mass is 35.5. The van der Waals surface area contributed by atoms with Crippen molar-refractivity contribution in [2.75, 3.05) is 12.0 Å². The molecule has 1 aliphatic rings. The highest BCUT2D eigenvalue weighted by Gasteiger charge is 2.46. The number of carboxylic acids is 1. The van der Waals surface area contributed by atoms with Gasteiger partial charge in [-0.15, -0.1) is 0 Å². The monoisotopic (exact) mass is 559 g/mol. The number of halogens is 2. The average molecular weight is 560 g/mol. The van der Waals surface area contributed by atoms with Crippen molar-refractivity contribution in [1.29, 1.82) is 5.26 Å². The molecule has 0 radical (unpaired) electrons. The van der Waals surface area contributed by atoms with Gasteiger partial charge in [0.15, 0.2) is 11.5 Å². The van der Waals surface area contributed by atoms with Crippen LogP contribution in [0, 0.1) is 17.1 Å². The minimum Gasteiger partial charge on any atom is -0.481 e. The smallest absolute Gasteiger partial charge is 0.307 e. The number of benzene rings is 2. The molecule has 202 valence electrons. The van der Waals surface area contributed by atoms with Crippen molar-refractivity contribution < 1.29 is 23.8 Å². The van der Waals surface area contributed by atoms with Crippen LogP contribution in [-0.2, 0) is 11.2 Å². The van der Waals surface area contributed by atoms with Crippen LogP contribution in [0.5, 0.6) is 5.88 Å². The summed E-state index contributed by atoms with van der Waals surface area (Å²) in [6, 6.07) is 13.8. The molecule has 1 atom stereocenters. The number of anilines is 1. The number of imidazole rings is 1. The van der Waals surface area contributed by atoms with Crippen LogP contribution in [0.3, 0.4) is 0 Å². The molecule has 1 N–H and O–H groups in total. The Morgan fingerprint density at radius 2 is 1.98 bits per heavy atom. The Balaban J connectivity index is 1.79. The summed E-state index contributed by atoms with van der Waals surface area (Å²) in [7, 11) is 1.44. The molecule has 1 aliphatic heterocycles. The van der Waals surface area contributed by atoms with Gasteiger partial charge in [0.25, 0.3) is 5.91 Å². The van der Waals surface area contributed by atoms with E-state index in [9.17, 15) is 20.0 Å². The first-order chi connectivity index (χ1) is 19.2. The first kappa shape index (κ1) is 26.8. The summed E-state index contributed by atoms with van der Waals surface area (Å²) in [6.45, 7) is 3.82. The molecule has 0 spiro atoms. The maximum atomic E-state index is 15.3. The third-order valence-corrected chi connectivity index (χ3v) is 6.94. The van der Waals surface area contributed by atoms with Gasteiger partial charge in [-0.05, 0) is 55.3 Å². The van der Waals surface area contributed by atoms with Gasteiger partial charge in [0.1, 0.15) is 11.9 Å². The van der Waals surface area contributed by atoms with Crippen molar-refractivity contribution in [2.45, 2.75) is 32.4 Å². The number of carbonyl (C=O) groups is 2. The van der Waals surface area contributed by atoms with Crippen LogP contribution >= 0.6 is 11.6 Å². The molecule has 9 nitrogen and oxygen atoms in total. The second-order valence-corrected chi connectivity index (χ2v) is 9.90. The number of fused-ring (bicyclic) bond motifs is 1. The molecule has 1 amide bonds. The Labute approximate surface area is 234 Å². The summed E-state index contributed by atoms with van der Waals surface area (Å²) >= 11 is 6.10. The summed E-state index contributed by atoms with van der Waals surface area (Å²) in [6.07, 6.45) is 1.15. The second kappa shape index (κ2) is 10.4. The zero-order chi connectivity index (χ0) is 28.7. The third kappa shape index (κ3) is 4.44. The number of ether oxygens (including phenoxy) is 1. The quantitative estimate of drug-likeness (QED) is 0.314. The van der Waals surface area contributed by atoms with Gasteiger partial charge in [-0.2, -0.15) is 5.26 Å². The molecule has 3 heterocycles. The average Bonchev–Trinajstić information content (AvgIpc) is 3.45. The molecule has 0 aliphatic carbocycles. The number of carbonyl (C=O) groups excluding carboxylic acids is 1. The standard InChI is InChI=1S/C29H23ClFN5O4/c1-15(2)35-26-24(34-27(35)19-11-17(12-22(37)38)14-33-28(19)40-3)29(39)36(21-6-4-5-20(30)23(21)31)25(26)18-9-7-16(13-32)8-10-18/h4-11,14-15,25H,12H2,1-3H3,(H,37,38). The van der Waals surface area contributed by atoms with E-state index in [1.165, 1.54) is 30.3 Å². The predicted molar refractivity (Wildman–Crippen MR) is 145 cm³/mol. The normalized spacial score (nSPS) is 14.4. The van der Waals surface area contributed by atoms with Crippen LogP contribution in [0.2, 0.25) is 5.02 Å². The number of aromatic nitrogens is 3. The molecule has 0 bridgehead atoms. The van der Waals surface area contributed by atoms with Crippen LogP contribution in [0.1, 0.15) is 58.8 Å². The van der Waals surface area contributed by atoms with Gasteiger partial charge in [0.05, 0.1) is 47.1 Å². The number of carboxylic acid groups (broad SMARTS) is 1. The molecule has 40 heavy (non-hydrogen) atoms. The zero-order valence-electron chi connectivity index (χ0n) is 21.7. The lowest BCUT2D eigenvalue weighted by Crippen LogP contribution is -2.31. The number of pyridine rings is 1. The van der Waals surface area contributed by atoms with E-state index in [2.05, 4.69) is 11.1 Å². The van der Waals surface area contributed by atoms with Gasteiger partial charge in [-0.3, -0.25) is 14.5 Å². The fraction of sp³-hybridized carbons (Fsp3) is 0.207. The number of amides is 1. The molecule has 0 fully saturated rings. The number of aliphatic carboxylic acids is 1. The number of hydrogen-bond acceptors (Lipinski definition) is 6. The molecule has 2 aromatic heterocycles. The summed E-state index contributed by atoms with van der Waals surface area (Å²) in [4.78, 5) is 35.7. The number of rotatable bonds is 7. The van der Waals surface area contributed by atoms with E-state index < -0.39 is 23.7 Å². The molecular formula is C29H23ClFN5O4. The van der Waals surface area contributed by atoms with Crippen molar-refractivity contribution >= 4 is 29.2 Å². The number of nitrogens with zero attached hydrogens (tertiary/aromatic N) is 5. The van der Waals surface area contributed by atoms with E-state index in [1.807, 2.05) is 18.4 Å². The minimum absolute atomic E-state index is 0.00980. The second-order valence-electron chi connectivity index (χ2n) is 9.49. The van der Waals surface area contributed by atoms with E-state index in [0.29, 0.717) is 33.8 Å². The van der Waals surface area contributed by atoms with Crippen molar-refractivity contribution in [3.05, 3.63) is 93.6 Å². The van der Waals surface area contributed by atoms with Crippen LogP contribution < -0.4 is 9.64 Å². The van der Waals surface area contributed by atoms with Crippen molar-refractivity contribution in [3.8, 4) is 23.3 Å². The van der Waals surface area contributed by atoms with E-state index in [0.717, 1.165) is 0 Å². The molecule has 0 saturated heterocycles. The summed E-state index contributed by atoms with van der Waals surface area (Å²) in [5.74, 6) is -1.75. The Morgan fingerprint density at radius 1 is 1.25 bits per heavy atom. The molecule has 1 unspecified atom stereocenters. The minimum atomic E-state index is -1.03. The first-order valence-corrected chi connectivity index (χ1v) is 12.7. The van der Waals surface area contributed by atoms with E-state index >= 15 is 4.39 Å². The van der Waals surface area contributed by atoms with E-state index in [-0.39, 0.29) is 34.7 Å². The lowest BCUT2D eigenvalue weighted by Gasteiger charge is -2.29. The lowest BCUT2D eigenvalue weighted by molar-refractivity contribution is -0.136. The zero-order valence-corrected chi connectivity index (χ0v) is 22.5. The largest absolute Gasteiger partial charge is 0.481 e. The van der Waals surface area contributed by atoms with Crippen LogP contribution in [0.15, 0.2) is 54.7 Å². The highest BCUT2D eigenvalue weighted by molar-refractivity contribution is 6.31. The Hall–Kier alpha value is -4.75. The van der Waals surface area contributed by atoms with Crippen LogP contribution in [0.4, 0.5) is 10.1 Å². The van der Waals surface area contributed by atoms with E-state index in [4.69, 9.17) is 21.3 Å². The van der Waals surface area contributed by atoms with Gasteiger partial charge >= 0.3 is 5.97 Å². The van der Waals surface area contributed by atoms with Gasteiger partial charge < -0.3 is 14.4 Å². The number of methoxy groups -OCH3 is 1. The molecule has 0 saturated carbocycles. The van der Waals surface area contributed by atoms with Gasteiger partial charge in [-0.1, -0.05) is 29.8 Å². The summed E-state index contributed by atoms with van der Waals surface area (Å²) in [5.41, 5.74) is 2.49. The lowest BCUT2D eigenvalue weighted by atomic mass is 10.0. The first-order valence-electron chi connectivity index (χ1n) is 12.3. The Kier molecular flexibility index (Phi) is 7.00. The van der Waals surface area contributed by atoms with Gasteiger partial charge in [-0.25, -0.2) is 14.4 Å².